The number of aliphatic hydroxyl groups excluding tert-OH is 1. The molecule has 7 heteroatoms. The van der Waals surface area contributed by atoms with Crippen LogP contribution >= 0.6 is 0 Å². The lowest BCUT2D eigenvalue weighted by Crippen LogP contribution is -2.45. The lowest BCUT2D eigenvalue weighted by Gasteiger charge is -2.22. The third kappa shape index (κ3) is 5.05. The Labute approximate surface area is 153 Å². The molecule has 1 aromatic carbocycles. The molecule has 2 rings (SSSR count). The summed E-state index contributed by atoms with van der Waals surface area (Å²) < 4.78 is 0. The van der Waals surface area contributed by atoms with Gasteiger partial charge in [0.2, 0.25) is 5.91 Å². The fourth-order valence-electron chi connectivity index (χ4n) is 2.92. The largest absolute Gasteiger partial charge is 0.394 e. The van der Waals surface area contributed by atoms with Crippen molar-refractivity contribution >= 4 is 17.8 Å². The third-order valence-electron chi connectivity index (χ3n) is 4.84. The first-order valence-corrected chi connectivity index (χ1v) is 9.02. The van der Waals surface area contributed by atoms with Gasteiger partial charge >= 0.3 is 6.03 Å². The van der Waals surface area contributed by atoms with Gasteiger partial charge in [0, 0.05) is 6.54 Å². The highest BCUT2D eigenvalue weighted by Crippen LogP contribution is 2.12. The Morgan fingerprint density at radius 3 is 2.62 bits per heavy atom. The molecular formula is C19H27N3O4. The fraction of sp³-hybridized carbons (Fsp3) is 0.526. The lowest BCUT2D eigenvalue weighted by molar-refractivity contribution is -0.131. The van der Waals surface area contributed by atoms with Gasteiger partial charge in [-0.05, 0) is 17.9 Å². The topological polar surface area (TPSA) is 98.7 Å². The maximum atomic E-state index is 12.4. The number of aliphatic hydroxyl groups is 1. The van der Waals surface area contributed by atoms with Gasteiger partial charge in [0.25, 0.3) is 5.91 Å². The molecule has 142 valence electrons. The molecule has 7 nitrogen and oxygen atoms in total. The van der Waals surface area contributed by atoms with Gasteiger partial charge in [-0.1, -0.05) is 50.6 Å². The van der Waals surface area contributed by atoms with Gasteiger partial charge in [-0.15, -0.1) is 0 Å². The standard InChI is InChI=1S/C19H27N3O4/c1-3-13(2)16(12-23)20-17(24)11-15-18(25)22(19(26)21-15)10-9-14-7-5-4-6-8-14/h4-8,13,15-16,23H,3,9-12H2,1-2H3,(H,20,24)(H,21,26)/t13-,15+,16+/m0/s1. The van der Waals surface area contributed by atoms with E-state index in [4.69, 9.17) is 0 Å². The number of rotatable bonds is 9. The first-order chi connectivity index (χ1) is 12.5. The van der Waals surface area contributed by atoms with Gasteiger partial charge in [0.15, 0.2) is 0 Å². The quantitative estimate of drug-likeness (QED) is 0.573. The van der Waals surface area contributed by atoms with Crippen LogP contribution in [0.1, 0.15) is 32.3 Å². The van der Waals surface area contributed by atoms with E-state index in [1.807, 2.05) is 44.2 Å². The van der Waals surface area contributed by atoms with Crippen molar-refractivity contribution in [3.8, 4) is 0 Å². The van der Waals surface area contributed by atoms with Gasteiger partial charge in [0.1, 0.15) is 6.04 Å². The maximum Gasteiger partial charge on any atom is 0.324 e. The average Bonchev–Trinajstić information content (AvgIpc) is 2.91. The van der Waals surface area contributed by atoms with E-state index in [1.165, 1.54) is 0 Å². The number of carbonyl (C=O) groups excluding carboxylic acids is 3. The van der Waals surface area contributed by atoms with Crippen LogP contribution in [-0.4, -0.2) is 53.1 Å². The van der Waals surface area contributed by atoms with Gasteiger partial charge in [0.05, 0.1) is 19.1 Å². The summed E-state index contributed by atoms with van der Waals surface area (Å²) in [6.45, 7) is 4.04. The summed E-state index contributed by atoms with van der Waals surface area (Å²) in [5, 5.41) is 14.7. The van der Waals surface area contributed by atoms with E-state index in [0.717, 1.165) is 16.9 Å². The molecular weight excluding hydrogens is 334 g/mol. The molecule has 0 aromatic heterocycles. The van der Waals surface area contributed by atoms with Crippen molar-refractivity contribution in [3.63, 3.8) is 0 Å². The zero-order chi connectivity index (χ0) is 19.1. The van der Waals surface area contributed by atoms with Crippen molar-refractivity contribution < 1.29 is 19.5 Å². The second-order valence-corrected chi connectivity index (χ2v) is 6.67. The molecule has 1 heterocycles. The van der Waals surface area contributed by atoms with Crippen molar-refractivity contribution in [2.24, 2.45) is 5.92 Å². The molecule has 0 aliphatic carbocycles. The summed E-state index contributed by atoms with van der Waals surface area (Å²) in [7, 11) is 0. The molecule has 0 saturated carbocycles. The number of urea groups is 1. The van der Waals surface area contributed by atoms with Crippen LogP contribution in [0.5, 0.6) is 0 Å². The van der Waals surface area contributed by atoms with E-state index in [1.54, 1.807) is 0 Å². The van der Waals surface area contributed by atoms with Crippen LogP contribution in [0.15, 0.2) is 30.3 Å². The summed E-state index contributed by atoms with van der Waals surface area (Å²) in [5.74, 6) is -0.613. The second-order valence-electron chi connectivity index (χ2n) is 6.67. The number of hydrogen-bond acceptors (Lipinski definition) is 4. The summed E-state index contributed by atoms with van der Waals surface area (Å²) >= 11 is 0. The van der Waals surface area contributed by atoms with Crippen molar-refractivity contribution in [1.29, 1.82) is 0 Å². The van der Waals surface area contributed by atoms with Gasteiger partial charge in [-0.2, -0.15) is 0 Å². The van der Waals surface area contributed by atoms with Crippen LogP contribution in [-0.2, 0) is 16.0 Å². The normalized spacial score (nSPS) is 19.2. The average molecular weight is 361 g/mol. The molecule has 0 radical (unpaired) electrons. The minimum absolute atomic E-state index is 0.125. The van der Waals surface area contributed by atoms with Gasteiger partial charge in [-0.25, -0.2) is 4.79 Å². The molecule has 1 aliphatic heterocycles. The predicted octanol–water partition coefficient (Wildman–Crippen LogP) is 1.06. The van der Waals surface area contributed by atoms with Crippen molar-refractivity contribution in [3.05, 3.63) is 35.9 Å². The number of hydrogen-bond donors (Lipinski definition) is 3. The molecule has 1 fully saturated rings. The van der Waals surface area contributed by atoms with Crippen LogP contribution < -0.4 is 10.6 Å². The van der Waals surface area contributed by atoms with Crippen molar-refractivity contribution in [1.82, 2.24) is 15.5 Å². The van der Waals surface area contributed by atoms with E-state index < -0.39 is 12.1 Å². The third-order valence-corrected chi connectivity index (χ3v) is 4.84. The van der Waals surface area contributed by atoms with E-state index in [0.29, 0.717) is 6.42 Å². The number of nitrogens with zero attached hydrogens (tertiary/aromatic N) is 1. The minimum atomic E-state index is -0.852. The van der Waals surface area contributed by atoms with Gasteiger partial charge in [-0.3, -0.25) is 14.5 Å². The summed E-state index contributed by atoms with van der Waals surface area (Å²) in [6, 6.07) is 7.92. The monoisotopic (exact) mass is 361 g/mol. The van der Waals surface area contributed by atoms with E-state index in [9.17, 15) is 19.5 Å². The molecule has 0 unspecified atom stereocenters. The Morgan fingerprint density at radius 2 is 2.00 bits per heavy atom. The molecule has 3 atom stereocenters. The highest BCUT2D eigenvalue weighted by atomic mass is 16.3. The van der Waals surface area contributed by atoms with Crippen LogP contribution in [0.4, 0.5) is 4.79 Å². The minimum Gasteiger partial charge on any atom is -0.394 e. The number of imide groups is 1. The number of nitrogens with one attached hydrogen (secondary N) is 2. The second kappa shape index (κ2) is 9.33. The number of benzene rings is 1. The van der Waals surface area contributed by atoms with E-state index in [2.05, 4.69) is 10.6 Å². The molecule has 1 aromatic rings. The molecule has 26 heavy (non-hydrogen) atoms. The zero-order valence-corrected chi connectivity index (χ0v) is 15.3. The zero-order valence-electron chi connectivity index (χ0n) is 15.3. The van der Waals surface area contributed by atoms with Crippen molar-refractivity contribution in [2.75, 3.05) is 13.2 Å². The van der Waals surface area contributed by atoms with Gasteiger partial charge < -0.3 is 15.7 Å². The molecule has 3 N–H and O–H groups in total. The SMILES string of the molecule is CC[C@H](C)[C@@H](CO)NC(=O)C[C@H]1NC(=O)N(CCc2ccccc2)C1=O. The molecule has 0 bridgehead atoms. The Bertz CT molecular complexity index is 635. The van der Waals surface area contributed by atoms with Crippen LogP contribution in [0.3, 0.4) is 0 Å². The van der Waals surface area contributed by atoms with Crippen LogP contribution in [0, 0.1) is 5.92 Å². The summed E-state index contributed by atoms with van der Waals surface area (Å²) in [4.78, 5) is 37.8. The first-order valence-electron chi connectivity index (χ1n) is 9.02. The maximum absolute atomic E-state index is 12.4. The smallest absolute Gasteiger partial charge is 0.324 e. The molecule has 1 saturated heterocycles. The number of carbonyl (C=O) groups is 3. The fourth-order valence-corrected chi connectivity index (χ4v) is 2.92. The molecule has 0 spiro atoms. The number of amides is 4. The Kier molecular flexibility index (Phi) is 7.15. The van der Waals surface area contributed by atoms with Crippen molar-refractivity contribution in [2.45, 2.75) is 45.2 Å². The lowest BCUT2D eigenvalue weighted by atomic mass is 9.99. The summed E-state index contributed by atoms with van der Waals surface area (Å²) in [6.07, 6.45) is 1.26. The van der Waals surface area contributed by atoms with Crippen LogP contribution in [0.25, 0.3) is 0 Å². The highest BCUT2D eigenvalue weighted by Gasteiger charge is 2.38. The van der Waals surface area contributed by atoms with E-state index in [-0.39, 0.29) is 43.3 Å². The Morgan fingerprint density at radius 1 is 1.31 bits per heavy atom. The highest BCUT2D eigenvalue weighted by molar-refractivity contribution is 6.05. The summed E-state index contributed by atoms with van der Waals surface area (Å²) in [5.41, 5.74) is 1.04. The predicted molar refractivity (Wildman–Crippen MR) is 97.3 cm³/mol. The Hall–Kier alpha value is -2.41. The first kappa shape index (κ1) is 19.9. The van der Waals surface area contributed by atoms with E-state index >= 15 is 0 Å². The molecule has 4 amide bonds. The molecule has 1 aliphatic rings. The van der Waals surface area contributed by atoms with Crippen LogP contribution in [0.2, 0.25) is 0 Å². The Balaban J connectivity index is 1.88.